The number of ether oxygens (including phenoxy) is 2. The maximum atomic E-state index is 5.41. The molecule has 0 radical (unpaired) electrons. The van der Waals surface area contributed by atoms with Crippen LogP contribution in [0.2, 0.25) is 0 Å². The number of hydrogen-bond acceptors (Lipinski definition) is 2. The van der Waals surface area contributed by atoms with E-state index in [1.165, 1.54) is 17.5 Å². The predicted octanol–water partition coefficient (Wildman–Crippen LogP) is 4.16. The van der Waals surface area contributed by atoms with E-state index in [9.17, 15) is 0 Å². The molecule has 1 aromatic rings. The van der Waals surface area contributed by atoms with Gasteiger partial charge in [-0.15, -0.1) is 0 Å². The summed E-state index contributed by atoms with van der Waals surface area (Å²) in [5.41, 5.74) is 2.55. The number of hydrogen-bond donors (Lipinski definition) is 0. The lowest BCUT2D eigenvalue weighted by atomic mass is 9.84. The monoisotopic (exact) mass is 236 g/mol. The number of methoxy groups -OCH3 is 2. The lowest BCUT2D eigenvalue weighted by Crippen LogP contribution is -2.08. The number of benzene rings is 1. The van der Waals surface area contributed by atoms with E-state index >= 15 is 0 Å². The maximum absolute atomic E-state index is 5.41. The summed E-state index contributed by atoms with van der Waals surface area (Å²) >= 11 is 0. The summed E-state index contributed by atoms with van der Waals surface area (Å²) in [6.07, 6.45) is 1.18. The summed E-state index contributed by atoms with van der Waals surface area (Å²) in [6.45, 7) is 8.91. The molecule has 1 aromatic carbocycles. The lowest BCUT2D eigenvalue weighted by molar-refractivity contribution is 0.387. The smallest absolute Gasteiger partial charge is 0.125 e. The lowest BCUT2D eigenvalue weighted by Gasteiger charge is -2.22. The van der Waals surface area contributed by atoms with Crippen molar-refractivity contribution >= 4 is 0 Å². The quantitative estimate of drug-likeness (QED) is 0.764. The van der Waals surface area contributed by atoms with Gasteiger partial charge in [-0.2, -0.15) is 0 Å². The van der Waals surface area contributed by atoms with Crippen LogP contribution in [0.25, 0.3) is 0 Å². The molecule has 0 saturated carbocycles. The molecular weight excluding hydrogens is 212 g/mol. The number of rotatable bonds is 5. The van der Waals surface area contributed by atoms with Crippen molar-refractivity contribution in [3.63, 3.8) is 0 Å². The summed E-state index contributed by atoms with van der Waals surface area (Å²) in [4.78, 5) is 0. The molecule has 2 heteroatoms. The van der Waals surface area contributed by atoms with Crippen molar-refractivity contribution in [2.24, 2.45) is 5.92 Å². The minimum Gasteiger partial charge on any atom is -0.497 e. The largest absolute Gasteiger partial charge is 0.497 e. The second-order valence-electron chi connectivity index (χ2n) is 4.72. The zero-order valence-electron chi connectivity index (χ0n) is 11.8. The Kier molecular flexibility index (Phi) is 4.86. The third kappa shape index (κ3) is 2.93. The Bertz CT molecular complexity index is 371. The van der Waals surface area contributed by atoms with Crippen LogP contribution in [0.15, 0.2) is 12.1 Å². The van der Waals surface area contributed by atoms with Gasteiger partial charge >= 0.3 is 0 Å². The topological polar surface area (TPSA) is 18.5 Å². The highest BCUT2D eigenvalue weighted by Gasteiger charge is 2.18. The normalized spacial score (nSPS) is 14.2. The van der Waals surface area contributed by atoms with E-state index in [1.807, 2.05) is 6.07 Å². The first-order valence-electron chi connectivity index (χ1n) is 6.27. The van der Waals surface area contributed by atoms with Crippen molar-refractivity contribution in [2.75, 3.05) is 14.2 Å². The second-order valence-corrected chi connectivity index (χ2v) is 4.72. The molecule has 0 aliphatic rings. The molecule has 1 rings (SSSR count). The van der Waals surface area contributed by atoms with Crippen LogP contribution in [0.3, 0.4) is 0 Å². The highest BCUT2D eigenvalue weighted by molar-refractivity contribution is 5.47. The standard InChI is InChI=1S/C15H24O2/c1-7-10(2)11(3)14-8-13(16-5)9-15(17-6)12(14)4/h8-11H,7H2,1-6H3. The van der Waals surface area contributed by atoms with Gasteiger partial charge in [0, 0.05) is 6.07 Å². The fraction of sp³-hybridized carbons (Fsp3) is 0.600. The molecule has 0 aliphatic heterocycles. The van der Waals surface area contributed by atoms with E-state index < -0.39 is 0 Å². The molecule has 2 nitrogen and oxygen atoms in total. The van der Waals surface area contributed by atoms with Crippen LogP contribution < -0.4 is 9.47 Å². The van der Waals surface area contributed by atoms with Crippen molar-refractivity contribution in [3.8, 4) is 11.5 Å². The molecule has 17 heavy (non-hydrogen) atoms. The summed E-state index contributed by atoms with van der Waals surface area (Å²) in [6, 6.07) is 4.08. The molecule has 0 amide bonds. The predicted molar refractivity (Wildman–Crippen MR) is 72.2 cm³/mol. The van der Waals surface area contributed by atoms with Crippen molar-refractivity contribution in [1.29, 1.82) is 0 Å². The van der Waals surface area contributed by atoms with Crippen LogP contribution in [0.1, 0.15) is 44.2 Å². The minimum atomic E-state index is 0.518. The first-order chi connectivity index (χ1) is 8.04. The first-order valence-corrected chi connectivity index (χ1v) is 6.27. The Morgan fingerprint density at radius 2 is 1.76 bits per heavy atom. The Morgan fingerprint density at radius 3 is 2.24 bits per heavy atom. The van der Waals surface area contributed by atoms with Gasteiger partial charge in [0.1, 0.15) is 11.5 Å². The molecular formula is C15H24O2. The maximum Gasteiger partial charge on any atom is 0.125 e. The fourth-order valence-corrected chi connectivity index (χ4v) is 2.15. The van der Waals surface area contributed by atoms with Crippen LogP contribution in [-0.2, 0) is 0 Å². The van der Waals surface area contributed by atoms with E-state index in [1.54, 1.807) is 14.2 Å². The van der Waals surface area contributed by atoms with E-state index in [0.717, 1.165) is 11.5 Å². The average molecular weight is 236 g/mol. The molecule has 0 spiro atoms. The van der Waals surface area contributed by atoms with Gasteiger partial charge in [-0.1, -0.05) is 27.2 Å². The molecule has 96 valence electrons. The molecule has 0 fully saturated rings. The molecule has 2 unspecified atom stereocenters. The second kappa shape index (κ2) is 5.95. The molecule has 0 heterocycles. The zero-order chi connectivity index (χ0) is 13.0. The highest BCUT2D eigenvalue weighted by Crippen LogP contribution is 2.36. The van der Waals surface area contributed by atoms with Gasteiger partial charge in [0.05, 0.1) is 14.2 Å². The van der Waals surface area contributed by atoms with E-state index in [2.05, 4.69) is 33.8 Å². The summed E-state index contributed by atoms with van der Waals surface area (Å²) in [5, 5.41) is 0. The Labute approximate surface area is 105 Å². The van der Waals surface area contributed by atoms with Crippen LogP contribution in [0, 0.1) is 12.8 Å². The van der Waals surface area contributed by atoms with Crippen LogP contribution >= 0.6 is 0 Å². The van der Waals surface area contributed by atoms with Crippen LogP contribution in [0.4, 0.5) is 0 Å². The molecule has 0 bridgehead atoms. The third-order valence-electron chi connectivity index (χ3n) is 3.82. The first kappa shape index (κ1) is 13.9. The SMILES string of the molecule is CCC(C)C(C)c1cc(OC)cc(OC)c1C. The molecule has 0 saturated heterocycles. The minimum absolute atomic E-state index is 0.518. The summed E-state index contributed by atoms with van der Waals surface area (Å²) in [7, 11) is 3.40. The average Bonchev–Trinajstić information content (AvgIpc) is 2.37. The molecule has 2 atom stereocenters. The van der Waals surface area contributed by atoms with Crippen LogP contribution in [0.5, 0.6) is 11.5 Å². The van der Waals surface area contributed by atoms with E-state index in [4.69, 9.17) is 9.47 Å². The third-order valence-corrected chi connectivity index (χ3v) is 3.82. The van der Waals surface area contributed by atoms with Gasteiger partial charge < -0.3 is 9.47 Å². The Hall–Kier alpha value is -1.18. The van der Waals surface area contributed by atoms with Crippen molar-refractivity contribution in [3.05, 3.63) is 23.3 Å². The Balaban J connectivity index is 3.21. The van der Waals surface area contributed by atoms with Crippen molar-refractivity contribution < 1.29 is 9.47 Å². The van der Waals surface area contributed by atoms with Crippen LogP contribution in [-0.4, -0.2) is 14.2 Å². The van der Waals surface area contributed by atoms with Gasteiger partial charge in [-0.05, 0) is 36.0 Å². The zero-order valence-corrected chi connectivity index (χ0v) is 11.8. The van der Waals surface area contributed by atoms with Gasteiger partial charge in [0.15, 0.2) is 0 Å². The van der Waals surface area contributed by atoms with Crippen molar-refractivity contribution in [2.45, 2.75) is 40.0 Å². The molecule has 0 N–H and O–H groups in total. The Morgan fingerprint density at radius 1 is 1.12 bits per heavy atom. The molecule has 0 aromatic heterocycles. The van der Waals surface area contributed by atoms with Crippen molar-refractivity contribution in [1.82, 2.24) is 0 Å². The molecule has 0 aliphatic carbocycles. The van der Waals surface area contributed by atoms with Gasteiger partial charge in [0.25, 0.3) is 0 Å². The summed E-state index contributed by atoms with van der Waals surface area (Å²) < 4.78 is 10.7. The fourth-order valence-electron chi connectivity index (χ4n) is 2.15. The highest BCUT2D eigenvalue weighted by atomic mass is 16.5. The van der Waals surface area contributed by atoms with Gasteiger partial charge in [-0.25, -0.2) is 0 Å². The van der Waals surface area contributed by atoms with Gasteiger partial charge in [0.2, 0.25) is 0 Å². The summed E-state index contributed by atoms with van der Waals surface area (Å²) in [5.74, 6) is 2.96. The van der Waals surface area contributed by atoms with E-state index in [-0.39, 0.29) is 0 Å². The van der Waals surface area contributed by atoms with E-state index in [0.29, 0.717) is 11.8 Å². The van der Waals surface area contributed by atoms with Gasteiger partial charge in [-0.3, -0.25) is 0 Å².